The molecule has 37 heavy (non-hydrogen) atoms. The molecule has 0 saturated heterocycles. The quantitative estimate of drug-likeness (QED) is 0.211. The van der Waals surface area contributed by atoms with Crippen LogP contribution < -0.4 is 11.5 Å². The summed E-state index contributed by atoms with van der Waals surface area (Å²) in [7, 11) is 0. The van der Waals surface area contributed by atoms with Gasteiger partial charge in [-0.05, 0) is 6.42 Å². The van der Waals surface area contributed by atoms with Crippen molar-refractivity contribution < 1.29 is 88.2 Å². The molecule has 0 aromatic heterocycles. The molecule has 220 valence electrons. The number of carbonyl (C=O) groups is 1. The Labute approximate surface area is 191 Å². The summed E-state index contributed by atoms with van der Waals surface area (Å²) in [6.07, 6.45) is -13.4. The maximum absolute atomic E-state index is 13.6. The van der Waals surface area contributed by atoms with E-state index in [9.17, 15) is 88.2 Å². The molecule has 0 amide bonds. The molecule has 0 atom stereocenters. The predicted molar refractivity (Wildman–Crippen MR) is 80.9 cm³/mol. The molecule has 0 spiro atoms. The molecule has 0 unspecified atom stereocenters. The third-order valence-electron chi connectivity index (χ3n) is 4.42. The summed E-state index contributed by atoms with van der Waals surface area (Å²) in [4.78, 5) is 11.1. The van der Waals surface area contributed by atoms with Gasteiger partial charge in [-0.15, -0.1) is 0 Å². The summed E-state index contributed by atoms with van der Waals surface area (Å²) in [5.74, 6) is -69.0. The van der Waals surface area contributed by atoms with Gasteiger partial charge in [-0.25, -0.2) is 0 Å². The van der Waals surface area contributed by atoms with E-state index in [1.165, 1.54) is 0 Å². The summed E-state index contributed by atoms with van der Waals surface area (Å²) in [6.45, 7) is 0. The Hall–Kier alpha value is -2.32. The van der Waals surface area contributed by atoms with E-state index in [4.69, 9.17) is 11.5 Å². The summed E-state index contributed by atoms with van der Waals surface area (Å²) in [6, 6.07) is 0. The van der Waals surface area contributed by atoms with E-state index in [1.807, 2.05) is 0 Å². The van der Waals surface area contributed by atoms with Gasteiger partial charge in [0.25, 0.3) is 0 Å². The smallest absolute Gasteiger partial charge is 0.386 e. The SMILES string of the molecule is NC(N)=CC(=O)CCCC(F)(F)C(F)(F)C(F)(F)C(F)(F)C(F)(F)C(F)(F)C(F)(F)C(F)(F)C(F)(F)F. The number of carbonyl (C=O) groups excluding carboxylic acids is 1. The van der Waals surface area contributed by atoms with Crippen molar-refractivity contribution in [3.63, 3.8) is 0 Å². The van der Waals surface area contributed by atoms with Crippen LogP contribution in [-0.2, 0) is 4.79 Å². The normalized spacial score (nSPS) is 15.5. The fraction of sp³-hybridized carbons (Fsp3) is 0.800. The largest absolute Gasteiger partial charge is 0.460 e. The minimum Gasteiger partial charge on any atom is -0.386 e. The first-order valence-corrected chi connectivity index (χ1v) is 8.66. The molecule has 4 N–H and O–H groups in total. The van der Waals surface area contributed by atoms with E-state index in [-0.39, 0.29) is 6.08 Å². The monoisotopic (exact) mass is 596 g/mol. The van der Waals surface area contributed by atoms with Crippen LogP contribution in [0.4, 0.5) is 83.4 Å². The van der Waals surface area contributed by atoms with Crippen LogP contribution >= 0.6 is 0 Å². The van der Waals surface area contributed by atoms with E-state index >= 15 is 0 Å². The molecule has 0 heterocycles. The van der Waals surface area contributed by atoms with E-state index in [1.54, 1.807) is 0 Å². The average molecular weight is 596 g/mol. The zero-order chi connectivity index (χ0) is 30.5. The minimum atomic E-state index is -8.96. The molecular formula is C15H11F19N2O. The van der Waals surface area contributed by atoms with Gasteiger partial charge in [-0.1, -0.05) is 0 Å². The number of halogens is 19. The van der Waals surface area contributed by atoms with Crippen molar-refractivity contribution in [1.29, 1.82) is 0 Å². The third kappa shape index (κ3) is 5.19. The molecule has 0 aliphatic heterocycles. The molecule has 0 aliphatic carbocycles. The van der Waals surface area contributed by atoms with Crippen molar-refractivity contribution in [3.8, 4) is 0 Å². The lowest BCUT2D eigenvalue weighted by Crippen LogP contribution is -2.75. The molecule has 3 nitrogen and oxygen atoms in total. The van der Waals surface area contributed by atoms with Crippen LogP contribution in [0.2, 0.25) is 0 Å². The highest BCUT2D eigenvalue weighted by atomic mass is 19.4. The van der Waals surface area contributed by atoms with Gasteiger partial charge in [-0.2, -0.15) is 83.4 Å². The molecule has 0 rings (SSSR count). The van der Waals surface area contributed by atoms with E-state index in [0.29, 0.717) is 0 Å². The lowest BCUT2D eigenvalue weighted by molar-refractivity contribution is -0.468. The standard InChI is InChI=1S/C15H11F19N2O/c16-7(17,3-1-2-5(37)4-6(35)36)8(18,19)9(20,21)10(22,23)11(24,25)12(26,27)13(28,29)14(30,31)15(32,33)34/h4H,1-3,35-36H2. The molecule has 0 saturated carbocycles. The van der Waals surface area contributed by atoms with Crippen LogP contribution in [0.1, 0.15) is 19.3 Å². The highest BCUT2D eigenvalue weighted by molar-refractivity contribution is 5.89. The van der Waals surface area contributed by atoms with Crippen molar-refractivity contribution in [1.82, 2.24) is 0 Å². The molecule has 0 bridgehead atoms. The maximum Gasteiger partial charge on any atom is 0.460 e. The Kier molecular flexibility index (Phi) is 8.86. The molecule has 0 aromatic rings. The van der Waals surface area contributed by atoms with Crippen LogP contribution in [0.3, 0.4) is 0 Å². The first kappa shape index (κ1) is 34.7. The van der Waals surface area contributed by atoms with Gasteiger partial charge in [0.15, 0.2) is 5.78 Å². The van der Waals surface area contributed by atoms with Crippen LogP contribution in [0, 0.1) is 0 Å². The molecule has 0 fully saturated rings. The molecular weight excluding hydrogens is 585 g/mol. The van der Waals surface area contributed by atoms with Crippen molar-refractivity contribution in [2.45, 2.75) is 72.8 Å². The number of alkyl halides is 19. The van der Waals surface area contributed by atoms with Crippen molar-refractivity contribution in [2.24, 2.45) is 11.5 Å². The van der Waals surface area contributed by atoms with Crippen LogP contribution in [0.15, 0.2) is 11.9 Å². The van der Waals surface area contributed by atoms with Gasteiger partial charge in [0.05, 0.1) is 5.82 Å². The van der Waals surface area contributed by atoms with E-state index < -0.39 is 84.4 Å². The van der Waals surface area contributed by atoms with Gasteiger partial charge in [0.1, 0.15) is 0 Å². The first-order valence-electron chi connectivity index (χ1n) is 8.66. The zero-order valence-corrected chi connectivity index (χ0v) is 16.9. The number of hydrogen-bond donors (Lipinski definition) is 2. The Balaban J connectivity index is 6.52. The van der Waals surface area contributed by atoms with Crippen molar-refractivity contribution >= 4 is 5.78 Å². The second kappa shape index (κ2) is 9.45. The van der Waals surface area contributed by atoms with E-state index in [0.717, 1.165) is 0 Å². The van der Waals surface area contributed by atoms with Crippen molar-refractivity contribution in [2.75, 3.05) is 0 Å². The summed E-state index contributed by atoms with van der Waals surface area (Å²) in [5, 5.41) is 0. The number of ketones is 1. The maximum atomic E-state index is 13.6. The van der Waals surface area contributed by atoms with Gasteiger partial charge in [0.2, 0.25) is 0 Å². The predicted octanol–water partition coefficient (Wildman–Crippen LogP) is 6.13. The van der Waals surface area contributed by atoms with Crippen LogP contribution in [0.5, 0.6) is 0 Å². The lowest BCUT2D eigenvalue weighted by Gasteiger charge is -2.43. The van der Waals surface area contributed by atoms with E-state index in [2.05, 4.69) is 0 Å². The molecule has 22 heteroatoms. The summed E-state index contributed by atoms with van der Waals surface area (Å²) >= 11 is 0. The molecule has 0 aromatic carbocycles. The highest BCUT2D eigenvalue weighted by Crippen LogP contribution is 2.65. The number of allylic oxidation sites excluding steroid dienone is 1. The second-order valence-electron chi connectivity index (χ2n) is 7.19. The van der Waals surface area contributed by atoms with Gasteiger partial charge in [0, 0.05) is 18.9 Å². The second-order valence-corrected chi connectivity index (χ2v) is 7.19. The Morgan fingerprint density at radius 3 is 1.11 bits per heavy atom. The summed E-state index contributed by atoms with van der Waals surface area (Å²) < 4.78 is 250. The van der Waals surface area contributed by atoms with Gasteiger partial charge < -0.3 is 11.5 Å². The van der Waals surface area contributed by atoms with Crippen molar-refractivity contribution in [3.05, 3.63) is 11.9 Å². The van der Waals surface area contributed by atoms with Crippen LogP contribution in [-0.4, -0.2) is 59.3 Å². The molecule has 0 radical (unpaired) electrons. The van der Waals surface area contributed by atoms with Gasteiger partial charge >= 0.3 is 53.6 Å². The highest BCUT2D eigenvalue weighted by Gasteiger charge is 2.96. The summed E-state index contributed by atoms with van der Waals surface area (Å²) in [5.41, 5.74) is 9.51. The van der Waals surface area contributed by atoms with Gasteiger partial charge in [-0.3, -0.25) is 4.79 Å². The average Bonchev–Trinajstić information content (AvgIpc) is 2.65. The number of nitrogens with two attached hydrogens (primary N) is 2. The fourth-order valence-corrected chi connectivity index (χ4v) is 2.29. The topological polar surface area (TPSA) is 69.1 Å². The number of hydrogen-bond acceptors (Lipinski definition) is 3. The lowest BCUT2D eigenvalue weighted by atomic mass is 9.86. The van der Waals surface area contributed by atoms with Crippen LogP contribution in [0.25, 0.3) is 0 Å². The Morgan fingerprint density at radius 2 is 0.811 bits per heavy atom. The minimum absolute atomic E-state index is 0.262. The third-order valence-corrected chi connectivity index (χ3v) is 4.42. The fourth-order valence-electron chi connectivity index (χ4n) is 2.29. The Bertz CT molecular complexity index is 869. The number of rotatable bonds is 12. The molecule has 0 aliphatic rings. The first-order chi connectivity index (χ1) is 15.8. The Morgan fingerprint density at radius 1 is 0.514 bits per heavy atom. The zero-order valence-electron chi connectivity index (χ0n) is 16.9.